The molecule has 89 heavy (non-hydrogen) atoms. The molecule has 0 unspecified atom stereocenters. The molecule has 482 valence electrons. The number of unbranched alkanes of at least 4 members (excludes halogenated alkanes) is 1. The number of ketones is 2. The molecule has 0 saturated carbocycles. The molecule has 4 aromatic rings. The molecule has 4 aromatic carbocycles. The van der Waals surface area contributed by atoms with Crippen LogP contribution in [0.15, 0.2) is 91.0 Å². The zero-order valence-corrected chi connectivity index (χ0v) is 53.4. The molecule has 2 N–H and O–H groups in total. The maximum absolute atomic E-state index is 15.1. The molecule has 1 fully saturated rings. The normalized spacial score (nSPS) is 21.6. The summed E-state index contributed by atoms with van der Waals surface area (Å²) in [7, 11) is 7.34. The Labute approximate surface area is 522 Å². The van der Waals surface area contributed by atoms with Crippen molar-refractivity contribution in [2.24, 2.45) is 11.3 Å². The molecule has 0 radical (unpaired) electrons. The van der Waals surface area contributed by atoms with E-state index in [4.69, 9.17) is 28.4 Å². The van der Waals surface area contributed by atoms with Crippen molar-refractivity contribution in [2.75, 3.05) is 74.8 Å². The molecule has 21 heteroatoms. The van der Waals surface area contributed by atoms with Crippen LogP contribution in [-0.4, -0.2) is 176 Å². The number of cyclic esters (lactones) is 2. The minimum atomic E-state index is -1.52. The number of carbonyl (C=O) groups is 9. The maximum Gasteiger partial charge on any atom is 0.330 e. The second-order valence-corrected chi connectivity index (χ2v) is 24.5. The first kappa shape index (κ1) is 69.8. The highest BCUT2D eigenvalue weighted by atomic mass is 16.5. The van der Waals surface area contributed by atoms with E-state index in [1.54, 1.807) is 51.1 Å². The zero-order chi connectivity index (χ0) is 65.2. The summed E-state index contributed by atoms with van der Waals surface area (Å²) in [6, 6.07) is 19.9. The van der Waals surface area contributed by atoms with Crippen molar-refractivity contribution in [3.8, 4) is 23.0 Å². The van der Waals surface area contributed by atoms with Gasteiger partial charge < -0.3 is 58.4 Å². The van der Waals surface area contributed by atoms with Gasteiger partial charge in [0.1, 0.15) is 30.5 Å². The van der Waals surface area contributed by atoms with Crippen LogP contribution in [0.2, 0.25) is 0 Å². The van der Waals surface area contributed by atoms with Crippen LogP contribution in [0.25, 0.3) is 10.8 Å². The number of Topliss-reactive ketones (excluding diaryl/α,β-unsaturated/α-hetero) is 2. The summed E-state index contributed by atoms with van der Waals surface area (Å²) in [5, 5.41) is 15.4. The molecule has 1 saturated heterocycles. The van der Waals surface area contributed by atoms with Crippen LogP contribution in [0.3, 0.4) is 0 Å². The number of hydrogen-bond acceptors (Lipinski definition) is 16. The first-order valence-corrected chi connectivity index (χ1v) is 30.5. The number of aryl methyl sites for hydroxylation is 1. The Morgan fingerprint density at radius 2 is 1.52 bits per heavy atom. The average molecular weight is 1230 g/mol. The van der Waals surface area contributed by atoms with Gasteiger partial charge in [-0.15, -0.1) is 0 Å². The first-order valence-electron chi connectivity index (χ1n) is 30.5. The van der Waals surface area contributed by atoms with Crippen LogP contribution in [0.4, 0.5) is 0 Å². The molecule has 5 amide bonds. The molecular weight excluding hydrogens is 1140 g/mol. The third-order valence-corrected chi connectivity index (χ3v) is 16.2. The van der Waals surface area contributed by atoms with Gasteiger partial charge in [-0.25, -0.2) is 9.59 Å². The van der Waals surface area contributed by atoms with Crippen LogP contribution in [0.5, 0.6) is 23.0 Å². The Morgan fingerprint density at radius 1 is 0.775 bits per heavy atom. The fourth-order valence-corrected chi connectivity index (χ4v) is 10.8. The smallest absolute Gasteiger partial charge is 0.330 e. The van der Waals surface area contributed by atoms with E-state index < -0.39 is 108 Å². The number of piperidine rings is 1. The van der Waals surface area contributed by atoms with Crippen LogP contribution >= 0.6 is 0 Å². The van der Waals surface area contributed by atoms with Gasteiger partial charge in [-0.05, 0) is 138 Å². The summed E-state index contributed by atoms with van der Waals surface area (Å²) in [6.45, 7) is 8.80. The molecule has 0 aromatic heterocycles. The lowest BCUT2D eigenvalue weighted by atomic mass is 9.87. The third kappa shape index (κ3) is 19.6. The van der Waals surface area contributed by atoms with Crippen molar-refractivity contribution in [1.82, 2.24) is 24.9 Å². The number of amides is 5. The van der Waals surface area contributed by atoms with Crippen LogP contribution < -0.4 is 19.5 Å². The SMILES string of the molecule is CCCC[C@H]1C(=O)C[C@@H](Cc2ccc3ccccc3c2)C(=O)N(C)[C@@H](COC(C)(C)C)C(=O)NCC(=O)N(C)CCC=CC(=O)OCC(C)(C)C(=O)C(=O)N2CCCC[C@H]2C(=O)O[C@H](CCc2cc(O)c(OC)c(OC)c2)c2cccc(c2)OCC(=O)N1C. The molecule has 0 aliphatic carbocycles. The number of likely N-dealkylation sites (N-methyl/N-ethyl adjacent to an activating group) is 3. The van der Waals surface area contributed by atoms with E-state index in [1.165, 1.54) is 81.0 Å². The predicted molar refractivity (Wildman–Crippen MR) is 333 cm³/mol. The largest absolute Gasteiger partial charge is 0.504 e. The number of phenolic OH excluding ortho intramolecular Hbond substituents is 1. The number of fused-ring (bicyclic) bond motifs is 4. The summed E-state index contributed by atoms with van der Waals surface area (Å²) in [5.74, 6) is -6.61. The number of carbonyl (C=O) groups excluding carboxylic acids is 9. The monoisotopic (exact) mass is 1230 g/mol. The second-order valence-electron chi connectivity index (χ2n) is 24.5. The summed E-state index contributed by atoms with van der Waals surface area (Å²) in [4.78, 5) is 133. The summed E-state index contributed by atoms with van der Waals surface area (Å²) in [5.41, 5.74) is -0.442. The van der Waals surface area contributed by atoms with Gasteiger partial charge in [-0.2, -0.15) is 0 Å². The molecule has 5 atom stereocenters. The van der Waals surface area contributed by atoms with E-state index in [0.717, 1.165) is 22.4 Å². The van der Waals surface area contributed by atoms with Gasteiger partial charge in [0, 0.05) is 52.6 Å². The summed E-state index contributed by atoms with van der Waals surface area (Å²) in [6.07, 6.45) is 4.73. The molecule has 2 aliphatic rings. The molecule has 6 rings (SSSR count). The Kier molecular flexibility index (Phi) is 25.3. The Morgan fingerprint density at radius 3 is 2.22 bits per heavy atom. The standard InChI is InChI=1S/C68H89N5O16/c1-12-13-25-51-54(74)39-49(35-44-28-30-46-21-14-15-22-47(46)34-44)64(81)72(9)53(41-88-67(2,3)4)63(80)69-40-58(76)70(7)32-18-17-27-60(78)87-43-68(5,6)62(79)65(82)73-33-19-16-26-52(73)66(83)89-56(31-29-45-36-55(75)61(85-11)57(37-45)84-10)48-23-20-24-50(38-48)86-42-59(77)71(51)8/h14-15,17,20-24,27-28,30,34,36-38,49,51-53,56,75H,12-13,16,18-19,25-26,29,31-33,35,39-43H2,1-11H3,(H,69,80)/t49-,51+,52+,53+,56-/m1/s1. The number of methoxy groups -OCH3 is 2. The van der Waals surface area contributed by atoms with Crippen molar-refractivity contribution in [2.45, 2.75) is 142 Å². The van der Waals surface area contributed by atoms with E-state index >= 15 is 4.79 Å². The summed E-state index contributed by atoms with van der Waals surface area (Å²) >= 11 is 0. The molecular formula is C68H89N5O16. The van der Waals surface area contributed by atoms with Crippen molar-refractivity contribution in [3.63, 3.8) is 0 Å². The fourth-order valence-electron chi connectivity index (χ4n) is 10.8. The second kappa shape index (κ2) is 32.2. The first-order chi connectivity index (χ1) is 42.2. The van der Waals surface area contributed by atoms with Crippen molar-refractivity contribution < 1.29 is 76.7 Å². The Balaban J connectivity index is 1.36. The van der Waals surface area contributed by atoms with Crippen molar-refractivity contribution >= 4 is 63.8 Å². The van der Waals surface area contributed by atoms with Crippen molar-refractivity contribution in [1.29, 1.82) is 0 Å². The quantitative estimate of drug-likeness (QED) is 0.102. The number of esters is 2. The lowest BCUT2D eigenvalue weighted by Gasteiger charge is -2.36. The highest BCUT2D eigenvalue weighted by Crippen LogP contribution is 2.39. The van der Waals surface area contributed by atoms with E-state index in [0.29, 0.717) is 36.8 Å². The Bertz CT molecular complexity index is 3210. The molecule has 21 nitrogen and oxygen atoms in total. The van der Waals surface area contributed by atoms with E-state index in [1.807, 2.05) is 49.4 Å². The maximum atomic E-state index is 15.1. The lowest BCUT2D eigenvalue weighted by molar-refractivity contribution is -0.165. The number of rotatable bonds is 12. The molecule has 2 heterocycles. The lowest BCUT2D eigenvalue weighted by Crippen LogP contribution is -2.54. The van der Waals surface area contributed by atoms with E-state index in [2.05, 4.69) is 5.32 Å². The average Bonchev–Trinajstić information content (AvgIpc) is 2.34. The van der Waals surface area contributed by atoms with Crippen molar-refractivity contribution in [3.05, 3.63) is 108 Å². The highest BCUT2D eigenvalue weighted by Gasteiger charge is 2.43. The number of ether oxygens (including phenoxy) is 6. The van der Waals surface area contributed by atoms with Gasteiger partial charge in [-0.1, -0.05) is 80.4 Å². The predicted octanol–water partition coefficient (Wildman–Crippen LogP) is 7.69. The van der Waals surface area contributed by atoms with Gasteiger partial charge in [-0.3, -0.25) is 33.6 Å². The minimum Gasteiger partial charge on any atom is -0.504 e. The van der Waals surface area contributed by atoms with Gasteiger partial charge in [0.25, 0.3) is 11.8 Å². The van der Waals surface area contributed by atoms with E-state index in [-0.39, 0.29) is 93.4 Å². The molecule has 2 aliphatic heterocycles. The molecule has 0 spiro atoms. The number of nitrogens with zero attached hydrogens (tertiary/aromatic N) is 4. The minimum absolute atomic E-state index is 0.0762. The number of benzene rings is 4. The van der Waals surface area contributed by atoms with Gasteiger partial charge in [0.15, 0.2) is 23.9 Å². The highest BCUT2D eigenvalue weighted by molar-refractivity contribution is 6.38. The zero-order valence-electron chi connectivity index (χ0n) is 53.4. The Hall–Kier alpha value is -8.33. The number of phenols is 1. The third-order valence-electron chi connectivity index (χ3n) is 16.2. The molecule has 2 bridgehead atoms. The van der Waals surface area contributed by atoms with Gasteiger partial charge in [0.2, 0.25) is 29.3 Å². The number of aromatic hydroxyl groups is 1. The van der Waals surface area contributed by atoms with Gasteiger partial charge in [0.05, 0.1) is 44.4 Å². The fraction of sp³-hybridized carbons (Fsp3) is 0.515. The topological polar surface area (TPSA) is 254 Å². The van der Waals surface area contributed by atoms with Crippen LogP contribution in [0.1, 0.15) is 122 Å². The van der Waals surface area contributed by atoms with Crippen LogP contribution in [0, 0.1) is 11.3 Å². The van der Waals surface area contributed by atoms with E-state index in [9.17, 15) is 43.5 Å². The summed E-state index contributed by atoms with van der Waals surface area (Å²) < 4.78 is 34.9. The van der Waals surface area contributed by atoms with Crippen LogP contribution in [-0.2, 0) is 70.2 Å². The number of hydrogen-bond donors (Lipinski definition) is 2. The number of nitrogens with one attached hydrogen (secondary N) is 1. The van der Waals surface area contributed by atoms with Gasteiger partial charge >= 0.3 is 11.9 Å².